The fourth-order valence-electron chi connectivity index (χ4n) is 0.639. The Balaban J connectivity index is 3.03. The van der Waals surface area contributed by atoms with Crippen molar-refractivity contribution in [2.75, 3.05) is 5.73 Å². The molecule has 1 aromatic heterocycles. The highest BCUT2D eigenvalue weighted by Gasteiger charge is 1.90. The van der Waals surface area contributed by atoms with Crippen molar-refractivity contribution in [1.82, 2.24) is 4.98 Å². The number of nitrogens with two attached hydrogens (primary N) is 1. The summed E-state index contributed by atoms with van der Waals surface area (Å²) in [5.74, 6) is 0.554. The van der Waals surface area contributed by atoms with Gasteiger partial charge in [-0.1, -0.05) is 15.9 Å². The van der Waals surface area contributed by atoms with E-state index in [0.29, 0.717) is 5.82 Å². The van der Waals surface area contributed by atoms with Gasteiger partial charge in [0.05, 0.1) is 0 Å². The largest absolute Gasteiger partial charge is 0.383 e. The number of halogens is 1. The Morgan fingerprint density at radius 3 is 3.00 bits per heavy atom. The fourth-order valence-corrected chi connectivity index (χ4v) is 0.924. The van der Waals surface area contributed by atoms with Crippen LogP contribution in [0.15, 0.2) is 23.3 Å². The van der Waals surface area contributed by atoms with Gasteiger partial charge >= 0.3 is 0 Å². The molecule has 0 aliphatic carbocycles. The van der Waals surface area contributed by atoms with Crippen LogP contribution in [0.1, 0.15) is 5.56 Å². The van der Waals surface area contributed by atoms with E-state index in [4.69, 9.17) is 5.73 Å². The summed E-state index contributed by atoms with van der Waals surface area (Å²) in [6.07, 6.45) is 3.52. The van der Waals surface area contributed by atoms with Crippen LogP contribution in [0.4, 0.5) is 5.82 Å². The van der Waals surface area contributed by atoms with Crippen LogP contribution >= 0.6 is 15.9 Å². The standard InChI is InChI=1S/C7H7BrN2/c8-4-3-6-2-1-5-10-7(6)9/h1-5H,(H2,9,10)/b4-3+. The fraction of sp³-hybridized carbons (Fsp3) is 0. The van der Waals surface area contributed by atoms with Gasteiger partial charge in [0, 0.05) is 11.8 Å². The number of rotatable bonds is 1. The normalized spacial score (nSPS) is 10.5. The number of aromatic nitrogens is 1. The molecule has 2 N–H and O–H groups in total. The minimum absolute atomic E-state index is 0.554. The van der Waals surface area contributed by atoms with E-state index in [1.807, 2.05) is 18.2 Å². The maximum absolute atomic E-state index is 5.52. The SMILES string of the molecule is Nc1ncccc1/C=C/Br. The first-order valence-corrected chi connectivity index (χ1v) is 3.73. The van der Waals surface area contributed by atoms with Gasteiger partial charge in [0.15, 0.2) is 0 Å². The predicted molar refractivity (Wildman–Crippen MR) is 46.6 cm³/mol. The zero-order valence-corrected chi connectivity index (χ0v) is 6.88. The molecule has 0 saturated heterocycles. The number of hydrogen-bond donors (Lipinski definition) is 1. The minimum Gasteiger partial charge on any atom is -0.383 e. The number of nitrogen functional groups attached to an aromatic ring is 1. The molecular weight excluding hydrogens is 192 g/mol. The number of hydrogen-bond acceptors (Lipinski definition) is 2. The van der Waals surface area contributed by atoms with Gasteiger partial charge in [0.1, 0.15) is 5.82 Å². The summed E-state index contributed by atoms with van der Waals surface area (Å²) in [5.41, 5.74) is 6.45. The number of anilines is 1. The van der Waals surface area contributed by atoms with Crippen molar-refractivity contribution in [2.24, 2.45) is 0 Å². The zero-order chi connectivity index (χ0) is 7.40. The van der Waals surface area contributed by atoms with Crippen molar-refractivity contribution >= 4 is 27.8 Å². The quantitative estimate of drug-likeness (QED) is 0.751. The van der Waals surface area contributed by atoms with Gasteiger partial charge in [-0.2, -0.15) is 0 Å². The van der Waals surface area contributed by atoms with E-state index in [0.717, 1.165) is 5.56 Å². The molecule has 0 bridgehead atoms. The zero-order valence-electron chi connectivity index (χ0n) is 5.29. The van der Waals surface area contributed by atoms with E-state index in [2.05, 4.69) is 20.9 Å². The molecular formula is C7H7BrN2. The molecule has 0 unspecified atom stereocenters. The molecule has 0 spiro atoms. The molecule has 1 heterocycles. The molecule has 0 atom stereocenters. The molecule has 0 fully saturated rings. The van der Waals surface area contributed by atoms with Gasteiger partial charge in [0.2, 0.25) is 0 Å². The first-order valence-electron chi connectivity index (χ1n) is 2.82. The first-order chi connectivity index (χ1) is 4.84. The van der Waals surface area contributed by atoms with Crippen molar-refractivity contribution in [3.05, 3.63) is 28.9 Å². The van der Waals surface area contributed by atoms with Crippen LogP contribution in [0, 0.1) is 0 Å². The van der Waals surface area contributed by atoms with E-state index < -0.39 is 0 Å². The van der Waals surface area contributed by atoms with Crippen LogP contribution in [0.5, 0.6) is 0 Å². The van der Waals surface area contributed by atoms with Crippen LogP contribution in [-0.4, -0.2) is 4.98 Å². The van der Waals surface area contributed by atoms with E-state index in [1.54, 1.807) is 11.2 Å². The third-order valence-corrected chi connectivity index (χ3v) is 1.38. The summed E-state index contributed by atoms with van der Waals surface area (Å²) in [6, 6.07) is 3.75. The molecule has 0 saturated carbocycles. The van der Waals surface area contributed by atoms with Crippen molar-refractivity contribution in [3.63, 3.8) is 0 Å². The summed E-state index contributed by atoms with van der Waals surface area (Å²) < 4.78 is 0. The van der Waals surface area contributed by atoms with E-state index in [9.17, 15) is 0 Å². The van der Waals surface area contributed by atoms with Crippen LogP contribution in [0.3, 0.4) is 0 Å². The van der Waals surface area contributed by atoms with Gasteiger partial charge in [-0.3, -0.25) is 0 Å². The second-order valence-corrected chi connectivity index (χ2v) is 2.30. The molecule has 0 aliphatic heterocycles. The van der Waals surface area contributed by atoms with Crippen LogP contribution in [0.2, 0.25) is 0 Å². The Morgan fingerprint density at radius 1 is 1.60 bits per heavy atom. The Hall–Kier alpha value is -0.830. The van der Waals surface area contributed by atoms with Gasteiger partial charge in [-0.15, -0.1) is 0 Å². The average Bonchev–Trinajstić information content (AvgIpc) is 1.94. The van der Waals surface area contributed by atoms with Gasteiger partial charge < -0.3 is 5.73 Å². The summed E-state index contributed by atoms with van der Waals surface area (Å²) >= 11 is 3.16. The molecule has 0 radical (unpaired) electrons. The van der Waals surface area contributed by atoms with Crippen molar-refractivity contribution in [3.8, 4) is 0 Å². The minimum atomic E-state index is 0.554. The van der Waals surface area contributed by atoms with Gasteiger partial charge in [0.25, 0.3) is 0 Å². The summed E-state index contributed by atoms with van der Waals surface area (Å²) in [5, 5.41) is 0. The average molecular weight is 199 g/mol. The summed E-state index contributed by atoms with van der Waals surface area (Å²) in [4.78, 5) is 5.65. The maximum atomic E-state index is 5.52. The van der Waals surface area contributed by atoms with Gasteiger partial charge in [-0.05, 0) is 23.2 Å². The van der Waals surface area contributed by atoms with E-state index in [-0.39, 0.29) is 0 Å². The Morgan fingerprint density at radius 2 is 2.40 bits per heavy atom. The Labute approximate surface area is 67.9 Å². The predicted octanol–water partition coefficient (Wildman–Crippen LogP) is 2.03. The number of pyridine rings is 1. The highest BCUT2D eigenvalue weighted by Crippen LogP contribution is 2.09. The van der Waals surface area contributed by atoms with Crippen molar-refractivity contribution in [2.45, 2.75) is 0 Å². The maximum Gasteiger partial charge on any atom is 0.130 e. The molecule has 0 aromatic carbocycles. The molecule has 10 heavy (non-hydrogen) atoms. The van der Waals surface area contributed by atoms with Gasteiger partial charge in [-0.25, -0.2) is 4.98 Å². The second kappa shape index (κ2) is 3.37. The lowest BCUT2D eigenvalue weighted by Crippen LogP contribution is -1.91. The highest BCUT2D eigenvalue weighted by atomic mass is 79.9. The molecule has 0 aliphatic rings. The third kappa shape index (κ3) is 1.57. The van der Waals surface area contributed by atoms with Crippen molar-refractivity contribution in [1.29, 1.82) is 0 Å². The molecule has 52 valence electrons. The molecule has 1 aromatic rings. The van der Waals surface area contributed by atoms with Crippen LogP contribution in [-0.2, 0) is 0 Å². The first kappa shape index (κ1) is 7.28. The second-order valence-electron chi connectivity index (χ2n) is 1.77. The summed E-state index contributed by atoms with van der Waals surface area (Å²) in [6.45, 7) is 0. The highest BCUT2D eigenvalue weighted by molar-refractivity contribution is 9.11. The van der Waals surface area contributed by atoms with E-state index >= 15 is 0 Å². The Bertz CT molecular complexity index is 245. The molecule has 2 nitrogen and oxygen atoms in total. The van der Waals surface area contributed by atoms with Crippen molar-refractivity contribution < 1.29 is 0 Å². The molecule has 0 amide bonds. The monoisotopic (exact) mass is 198 g/mol. The van der Waals surface area contributed by atoms with Crippen LogP contribution < -0.4 is 5.73 Å². The van der Waals surface area contributed by atoms with E-state index in [1.165, 1.54) is 0 Å². The third-order valence-electron chi connectivity index (χ3n) is 1.11. The van der Waals surface area contributed by atoms with Crippen LogP contribution in [0.25, 0.3) is 6.08 Å². The lowest BCUT2D eigenvalue weighted by molar-refractivity contribution is 1.33. The lowest BCUT2D eigenvalue weighted by atomic mass is 10.2. The molecule has 1 rings (SSSR count). The number of nitrogens with zero attached hydrogens (tertiary/aromatic N) is 1. The topological polar surface area (TPSA) is 38.9 Å². The Kier molecular flexibility index (Phi) is 2.45. The lowest BCUT2D eigenvalue weighted by Gasteiger charge is -1.94. The summed E-state index contributed by atoms with van der Waals surface area (Å²) in [7, 11) is 0. The molecule has 3 heteroatoms. The smallest absolute Gasteiger partial charge is 0.130 e.